The Hall–Kier alpha value is -1.64. The van der Waals surface area contributed by atoms with Crippen molar-refractivity contribution in [1.29, 1.82) is 5.41 Å². The van der Waals surface area contributed by atoms with Gasteiger partial charge in [0.25, 0.3) is 0 Å². The molecule has 1 aromatic carbocycles. The van der Waals surface area contributed by atoms with Crippen LogP contribution in [0.3, 0.4) is 0 Å². The molecule has 92 valence electrons. The minimum atomic E-state index is -0.297. The molecule has 0 fully saturated rings. The summed E-state index contributed by atoms with van der Waals surface area (Å²) in [5, 5.41) is 11.1. The van der Waals surface area contributed by atoms with Gasteiger partial charge in [0.05, 0.1) is 5.71 Å². The number of hydrogen-bond acceptors (Lipinski definition) is 2. The van der Waals surface area contributed by atoms with E-state index in [2.05, 4.69) is 25.7 Å². The van der Waals surface area contributed by atoms with E-state index >= 15 is 0 Å². The van der Waals surface area contributed by atoms with Crippen LogP contribution in [0.15, 0.2) is 30.4 Å². The van der Waals surface area contributed by atoms with E-state index in [0.29, 0.717) is 28.5 Å². The molecule has 0 spiro atoms. The summed E-state index contributed by atoms with van der Waals surface area (Å²) in [4.78, 5) is 0. The largest absolute Gasteiger partial charge is 0.384 e. The van der Waals surface area contributed by atoms with E-state index in [9.17, 15) is 4.39 Å². The summed E-state index contributed by atoms with van der Waals surface area (Å²) in [7, 11) is 0. The molecule has 0 bridgehead atoms. The van der Waals surface area contributed by atoms with Gasteiger partial charge in [-0.05, 0) is 36.6 Å². The molecule has 0 saturated carbocycles. The van der Waals surface area contributed by atoms with Crippen molar-refractivity contribution < 1.29 is 4.39 Å². The SMILES string of the molecule is C=C(C)C(=N)c1ccc(F)cc1NCC(C)C. The van der Waals surface area contributed by atoms with Gasteiger partial charge in [0.15, 0.2) is 0 Å². The number of rotatable bonds is 5. The number of benzene rings is 1. The van der Waals surface area contributed by atoms with Gasteiger partial charge < -0.3 is 5.32 Å². The third-order valence-corrected chi connectivity index (χ3v) is 2.38. The minimum Gasteiger partial charge on any atom is -0.384 e. The Morgan fingerprint density at radius 2 is 2.12 bits per heavy atom. The molecule has 0 heterocycles. The summed E-state index contributed by atoms with van der Waals surface area (Å²) in [6, 6.07) is 4.41. The molecule has 0 aliphatic heterocycles. The Balaban J connectivity index is 3.03. The zero-order chi connectivity index (χ0) is 13.0. The zero-order valence-electron chi connectivity index (χ0n) is 10.6. The van der Waals surface area contributed by atoms with Crippen molar-refractivity contribution in [2.24, 2.45) is 5.92 Å². The van der Waals surface area contributed by atoms with Crippen molar-refractivity contribution in [2.45, 2.75) is 20.8 Å². The predicted octanol–water partition coefficient (Wildman–Crippen LogP) is 3.84. The lowest BCUT2D eigenvalue weighted by atomic mass is 10.0. The second kappa shape index (κ2) is 5.62. The Kier molecular flexibility index (Phi) is 4.44. The molecule has 17 heavy (non-hydrogen) atoms. The molecule has 1 aromatic rings. The lowest BCUT2D eigenvalue weighted by Gasteiger charge is -2.14. The first-order valence-corrected chi connectivity index (χ1v) is 5.70. The molecule has 0 aliphatic carbocycles. The molecule has 0 aliphatic rings. The molecule has 0 amide bonds. The van der Waals surface area contributed by atoms with Gasteiger partial charge in [-0.2, -0.15) is 0 Å². The van der Waals surface area contributed by atoms with Gasteiger partial charge in [0, 0.05) is 17.8 Å². The second-order valence-corrected chi connectivity index (χ2v) is 4.62. The van der Waals surface area contributed by atoms with Gasteiger partial charge in [0.2, 0.25) is 0 Å². The van der Waals surface area contributed by atoms with Crippen LogP contribution < -0.4 is 5.32 Å². The van der Waals surface area contributed by atoms with E-state index in [4.69, 9.17) is 5.41 Å². The van der Waals surface area contributed by atoms with Gasteiger partial charge in [-0.15, -0.1) is 0 Å². The number of allylic oxidation sites excluding steroid dienone is 1. The first kappa shape index (κ1) is 13.4. The third kappa shape index (κ3) is 3.70. The lowest BCUT2D eigenvalue weighted by molar-refractivity contribution is 0.627. The fraction of sp³-hybridized carbons (Fsp3) is 0.357. The highest BCUT2D eigenvalue weighted by Gasteiger charge is 2.10. The Morgan fingerprint density at radius 1 is 1.47 bits per heavy atom. The maximum atomic E-state index is 13.2. The van der Waals surface area contributed by atoms with E-state index in [-0.39, 0.29) is 5.82 Å². The summed E-state index contributed by atoms with van der Waals surface area (Å²) in [5.74, 6) is 0.166. The first-order valence-electron chi connectivity index (χ1n) is 5.70. The highest BCUT2D eigenvalue weighted by Crippen LogP contribution is 2.20. The standard InChI is InChI=1S/C14H19FN2/c1-9(2)8-17-13-7-11(15)5-6-12(13)14(16)10(3)4/h5-7,9,16-17H,3,8H2,1-2,4H3. The second-order valence-electron chi connectivity index (χ2n) is 4.62. The normalized spacial score (nSPS) is 10.4. The maximum Gasteiger partial charge on any atom is 0.125 e. The van der Waals surface area contributed by atoms with E-state index < -0.39 is 0 Å². The molecule has 0 unspecified atom stereocenters. The Labute approximate surface area is 102 Å². The van der Waals surface area contributed by atoms with Crippen molar-refractivity contribution >= 4 is 11.4 Å². The van der Waals surface area contributed by atoms with Crippen molar-refractivity contribution in [2.75, 3.05) is 11.9 Å². The number of anilines is 1. The quantitative estimate of drug-likeness (QED) is 0.746. The summed E-state index contributed by atoms with van der Waals surface area (Å²) < 4.78 is 13.2. The maximum absolute atomic E-state index is 13.2. The minimum absolute atomic E-state index is 0.297. The Bertz CT molecular complexity index is 436. The van der Waals surface area contributed by atoms with Crippen LogP contribution in [0.5, 0.6) is 0 Å². The zero-order valence-corrected chi connectivity index (χ0v) is 10.6. The van der Waals surface area contributed by atoms with E-state index in [0.717, 1.165) is 6.54 Å². The molecule has 0 saturated heterocycles. The van der Waals surface area contributed by atoms with E-state index in [1.165, 1.54) is 12.1 Å². The number of halogens is 1. The topological polar surface area (TPSA) is 35.9 Å². The number of hydrogen-bond donors (Lipinski definition) is 2. The molecule has 0 radical (unpaired) electrons. The fourth-order valence-electron chi connectivity index (χ4n) is 1.42. The molecule has 0 atom stereocenters. The summed E-state index contributed by atoms with van der Waals surface area (Å²) in [6.45, 7) is 10.4. The molecule has 0 aromatic heterocycles. The van der Waals surface area contributed by atoms with Gasteiger partial charge in [-0.1, -0.05) is 20.4 Å². The number of nitrogens with one attached hydrogen (secondary N) is 2. The molecule has 3 heteroatoms. The van der Waals surface area contributed by atoms with E-state index in [1.54, 1.807) is 13.0 Å². The highest BCUT2D eigenvalue weighted by atomic mass is 19.1. The van der Waals surface area contributed by atoms with Crippen molar-refractivity contribution in [3.63, 3.8) is 0 Å². The van der Waals surface area contributed by atoms with Gasteiger partial charge in [-0.3, -0.25) is 5.41 Å². The van der Waals surface area contributed by atoms with Crippen LogP contribution in [-0.4, -0.2) is 12.3 Å². The predicted molar refractivity (Wildman–Crippen MR) is 71.4 cm³/mol. The summed E-state index contributed by atoms with van der Waals surface area (Å²) in [6.07, 6.45) is 0. The molecular weight excluding hydrogens is 215 g/mol. The average Bonchev–Trinajstić information content (AvgIpc) is 2.25. The molecule has 2 N–H and O–H groups in total. The van der Waals surface area contributed by atoms with Crippen LogP contribution in [0.1, 0.15) is 26.3 Å². The monoisotopic (exact) mass is 234 g/mol. The summed E-state index contributed by atoms with van der Waals surface area (Å²) >= 11 is 0. The molecule has 1 rings (SSSR count). The molecular formula is C14H19FN2. The summed E-state index contributed by atoms with van der Waals surface area (Å²) in [5.41, 5.74) is 2.37. The smallest absolute Gasteiger partial charge is 0.125 e. The van der Waals surface area contributed by atoms with Crippen LogP contribution in [0, 0.1) is 17.1 Å². The Morgan fingerprint density at radius 3 is 2.65 bits per heavy atom. The van der Waals surface area contributed by atoms with E-state index in [1.807, 2.05) is 0 Å². The van der Waals surface area contributed by atoms with Crippen LogP contribution >= 0.6 is 0 Å². The van der Waals surface area contributed by atoms with Crippen molar-refractivity contribution in [3.05, 3.63) is 41.7 Å². The fourth-order valence-corrected chi connectivity index (χ4v) is 1.42. The highest BCUT2D eigenvalue weighted by molar-refractivity contribution is 6.13. The molecule has 2 nitrogen and oxygen atoms in total. The average molecular weight is 234 g/mol. The lowest BCUT2D eigenvalue weighted by Crippen LogP contribution is -2.12. The third-order valence-electron chi connectivity index (χ3n) is 2.38. The van der Waals surface area contributed by atoms with Gasteiger partial charge in [-0.25, -0.2) is 4.39 Å². The van der Waals surface area contributed by atoms with Gasteiger partial charge >= 0.3 is 0 Å². The van der Waals surface area contributed by atoms with Crippen molar-refractivity contribution in [1.82, 2.24) is 0 Å². The van der Waals surface area contributed by atoms with Crippen LogP contribution in [0.2, 0.25) is 0 Å². The van der Waals surface area contributed by atoms with Crippen LogP contribution in [0.4, 0.5) is 10.1 Å². The van der Waals surface area contributed by atoms with Crippen LogP contribution in [-0.2, 0) is 0 Å². The van der Waals surface area contributed by atoms with Crippen LogP contribution in [0.25, 0.3) is 0 Å². The van der Waals surface area contributed by atoms with Crippen molar-refractivity contribution in [3.8, 4) is 0 Å². The first-order chi connectivity index (χ1) is 7.91. The van der Waals surface area contributed by atoms with Gasteiger partial charge in [0.1, 0.15) is 5.82 Å².